The monoisotopic (exact) mass is 204 g/mol. The molecular formula is C11H16N4. The fourth-order valence-corrected chi connectivity index (χ4v) is 1.66. The summed E-state index contributed by atoms with van der Waals surface area (Å²) in [7, 11) is 0. The second-order valence-electron chi connectivity index (χ2n) is 3.99. The van der Waals surface area contributed by atoms with E-state index in [1.165, 1.54) is 5.69 Å². The summed E-state index contributed by atoms with van der Waals surface area (Å²) in [5, 5.41) is 0. The van der Waals surface area contributed by atoms with Crippen LogP contribution < -0.4 is 0 Å². The lowest BCUT2D eigenvalue weighted by atomic mass is 10.3. The largest absolute Gasteiger partial charge is 0.330 e. The molecule has 80 valence electrons. The molecule has 2 heterocycles. The number of hydrogen-bond donors (Lipinski definition) is 0. The van der Waals surface area contributed by atoms with E-state index in [2.05, 4.69) is 32.9 Å². The molecule has 4 heteroatoms. The second-order valence-corrected chi connectivity index (χ2v) is 3.99. The molecule has 0 unspecified atom stereocenters. The van der Waals surface area contributed by atoms with Gasteiger partial charge in [-0.25, -0.2) is 9.97 Å². The molecule has 0 spiro atoms. The van der Waals surface area contributed by atoms with Crippen molar-refractivity contribution in [2.45, 2.75) is 33.4 Å². The van der Waals surface area contributed by atoms with Crippen LogP contribution in [0.3, 0.4) is 0 Å². The van der Waals surface area contributed by atoms with Crippen molar-refractivity contribution in [3.8, 4) is 0 Å². The molecule has 0 fully saturated rings. The van der Waals surface area contributed by atoms with Gasteiger partial charge < -0.3 is 9.13 Å². The minimum Gasteiger partial charge on any atom is -0.330 e. The summed E-state index contributed by atoms with van der Waals surface area (Å²) in [6.45, 7) is 7.16. The normalized spacial score (nSPS) is 11.2. The standard InChI is InChI=1S/C11H16N4/c1-9(2)15-8-12-6-11(15)7-14-5-4-13-10(14)3/h4-6,8-9H,7H2,1-3H3. The van der Waals surface area contributed by atoms with Crippen molar-refractivity contribution in [1.29, 1.82) is 0 Å². The highest BCUT2D eigenvalue weighted by atomic mass is 15.1. The van der Waals surface area contributed by atoms with E-state index in [9.17, 15) is 0 Å². The van der Waals surface area contributed by atoms with Crippen LogP contribution in [-0.4, -0.2) is 19.1 Å². The molecule has 0 atom stereocenters. The van der Waals surface area contributed by atoms with Gasteiger partial charge in [0.15, 0.2) is 0 Å². The summed E-state index contributed by atoms with van der Waals surface area (Å²) < 4.78 is 4.30. The topological polar surface area (TPSA) is 35.6 Å². The van der Waals surface area contributed by atoms with Crippen LogP contribution in [-0.2, 0) is 6.54 Å². The number of nitrogens with zero attached hydrogens (tertiary/aromatic N) is 4. The maximum atomic E-state index is 4.20. The average Bonchev–Trinajstić information content (AvgIpc) is 2.77. The maximum Gasteiger partial charge on any atom is 0.105 e. The molecule has 2 aromatic rings. The Morgan fingerprint density at radius 2 is 2.20 bits per heavy atom. The molecule has 0 radical (unpaired) electrons. The third-order valence-corrected chi connectivity index (χ3v) is 2.56. The predicted molar refractivity (Wildman–Crippen MR) is 58.7 cm³/mol. The Hall–Kier alpha value is -1.58. The Morgan fingerprint density at radius 3 is 2.80 bits per heavy atom. The van der Waals surface area contributed by atoms with Gasteiger partial charge in [-0.3, -0.25) is 0 Å². The molecule has 0 amide bonds. The minimum absolute atomic E-state index is 0.450. The molecule has 0 aliphatic rings. The Morgan fingerprint density at radius 1 is 1.40 bits per heavy atom. The van der Waals surface area contributed by atoms with Crippen molar-refractivity contribution < 1.29 is 0 Å². The van der Waals surface area contributed by atoms with Crippen LogP contribution in [0.4, 0.5) is 0 Å². The second kappa shape index (κ2) is 3.88. The highest BCUT2D eigenvalue weighted by Gasteiger charge is 2.06. The van der Waals surface area contributed by atoms with Crippen LogP contribution in [0.1, 0.15) is 31.4 Å². The van der Waals surface area contributed by atoms with Crippen LogP contribution in [0, 0.1) is 6.92 Å². The highest BCUT2D eigenvalue weighted by molar-refractivity contribution is 5.03. The summed E-state index contributed by atoms with van der Waals surface area (Å²) in [5.74, 6) is 1.03. The maximum absolute atomic E-state index is 4.20. The molecule has 2 aromatic heterocycles. The first-order valence-electron chi connectivity index (χ1n) is 5.17. The first-order valence-corrected chi connectivity index (χ1v) is 5.17. The zero-order valence-corrected chi connectivity index (χ0v) is 9.38. The van der Waals surface area contributed by atoms with Crippen molar-refractivity contribution in [2.24, 2.45) is 0 Å². The highest BCUT2D eigenvalue weighted by Crippen LogP contribution is 2.11. The molecule has 4 nitrogen and oxygen atoms in total. The average molecular weight is 204 g/mol. The van der Waals surface area contributed by atoms with Crippen molar-refractivity contribution in [1.82, 2.24) is 19.1 Å². The van der Waals surface area contributed by atoms with Crippen molar-refractivity contribution in [3.63, 3.8) is 0 Å². The van der Waals surface area contributed by atoms with Gasteiger partial charge in [-0.1, -0.05) is 0 Å². The van der Waals surface area contributed by atoms with E-state index in [1.54, 1.807) is 0 Å². The van der Waals surface area contributed by atoms with Crippen molar-refractivity contribution >= 4 is 0 Å². The smallest absolute Gasteiger partial charge is 0.105 e. The Labute approximate surface area is 89.6 Å². The predicted octanol–water partition coefficient (Wildman–Crippen LogP) is 2.02. The van der Waals surface area contributed by atoms with Gasteiger partial charge in [-0.2, -0.15) is 0 Å². The summed E-state index contributed by atoms with van der Waals surface area (Å²) in [5.41, 5.74) is 1.21. The third-order valence-electron chi connectivity index (χ3n) is 2.56. The Balaban J connectivity index is 2.25. The van der Waals surface area contributed by atoms with Crippen molar-refractivity contribution in [3.05, 3.63) is 36.4 Å². The van der Waals surface area contributed by atoms with Crippen LogP contribution in [0.2, 0.25) is 0 Å². The van der Waals surface area contributed by atoms with E-state index in [0.717, 1.165) is 12.4 Å². The molecule has 0 saturated heterocycles. The van der Waals surface area contributed by atoms with E-state index >= 15 is 0 Å². The number of imidazole rings is 2. The first-order chi connectivity index (χ1) is 7.18. The minimum atomic E-state index is 0.450. The lowest BCUT2D eigenvalue weighted by molar-refractivity contribution is 0.558. The molecule has 2 rings (SSSR count). The summed E-state index contributed by atoms with van der Waals surface area (Å²) in [6, 6.07) is 0.450. The van der Waals surface area contributed by atoms with Gasteiger partial charge in [0.25, 0.3) is 0 Å². The van der Waals surface area contributed by atoms with E-state index < -0.39 is 0 Å². The van der Waals surface area contributed by atoms with Gasteiger partial charge in [0, 0.05) is 24.6 Å². The fraction of sp³-hybridized carbons (Fsp3) is 0.455. The third kappa shape index (κ3) is 1.93. The summed E-state index contributed by atoms with van der Waals surface area (Å²) in [4.78, 5) is 8.39. The fourth-order valence-electron chi connectivity index (χ4n) is 1.66. The van der Waals surface area contributed by atoms with Crippen LogP contribution in [0.25, 0.3) is 0 Å². The van der Waals surface area contributed by atoms with Gasteiger partial charge in [-0.05, 0) is 20.8 Å². The van der Waals surface area contributed by atoms with E-state index in [0.29, 0.717) is 6.04 Å². The number of aryl methyl sites for hydroxylation is 1. The first kappa shape index (κ1) is 9.96. The zero-order valence-electron chi connectivity index (χ0n) is 9.38. The molecule has 0 aliphatic carbocycles. The van der Waals surface area contributed by atoms with Crippen molar-refractivity contribution in [2.75, 3.05) is 0 Å². The van der Waals surface area contributed by atoms with Crippen LogP contribution in [0.15, 0.2) is 24.9 Å². The quantitative estimate of drug-likeness (QED) is 0.766. The van der Waals surface area contributed by atoms with Crippen LogP contribution >= 0.6 is 0 Å². The number of rotatable bonds is 3. The summed E-state index contributed by atoms with van der Waals surface area (Å²) >= 11 is 0. The lowest BCUT2D eigenvalue weighted by Crippen LogP contribution is -2.09. The Kier molecular flexibility index (Phi) is 2.58. The Bertz CT molecular complexity index is 439. The molecule has 0 aliphatic heterocycles. The van der Waals surface area contributed by atoms with E-state index in [1.807, 2.05) is 31.8 Å². The lowest BCUT2D eigenvalue weighted by Gasteiger charge is -2.12. The van der Waals surface area contributed by atoms with Crippen LogP contribution in [0.5, 0.6) is 0 Å². The van der Waals surface area contributed by atoms with Gasteiger partial charge in [0.1, 0.15) is 5.82 Å². The molecular weight excluding hydrogens is 188 g/mol. The molecule has 0 saturated carbocycles. The molecule has 0 N–H and O–H groups in total. The van der Waals surface area contributed by atoms with E-state index in [-0.39, 0.29) is 0 Å². The molecule has 0 bridgehead atoms. The SMILES string of the molecule is Cc1nccn1Cc1cncn1C(C)C. The molecule has 0 aromatic carbocycles. The summed E-state index contributed by atoms with van der Waals surface area (Å²) in [6.07, 6.45) is 7.62. The van der Waals surface area contributed by atoms with Gasteiger partial charge in [0.2, 0.25) is 0 Å². The molecule has 15 heavy (non-hydrogen) atoms. The van der Waals surface area contributed by atoms with Gasteiger partial charge in [0.05, 0.1) is 18.6 Å². The van der Waals surface area contributed by atoms with Gasteiger partial charge >= 0.3 is 0 Å². The number of hydrogen-bond acceptors (Lipinski definition) is 2. The van der Waals surface area contributed by atoms with Gasteiger partial charge in [-0.15, -0.1) is 0 Å². The zero-order chi connectivity index (χ0) is 10.8. The van der Waals surface area contributed by atoms with E-state index in [4.69, 9.17) is 0 Å². The number of aromatic nitrogens is 4.